The Bertz CT molecular complexity index is 805. The number of carbonyl (C=O) groups is 2. The molecule has 0 saturated carbocycles. The molecular weight excluding hydrogens is 354 g/mol. The highest BCUT2D eigenvalue weighted by atomic mass is 32.1. The van der Waals surface area contributed by atoms with Gasteiger partial charge in [0.25, 0.3) is 11.8 Å². The van der Waals surface area contributed by atoms with E-state index in [0.717, 1.165) is 17.7 Å². The minimum absolute atomic E-state index is 0.00860. The fraction of sp³-hybridized carbons (Fsp3) is 0.389. The number of nitrogens with zero attached hydrogens (tertiary/aromatic N) is 2. The Morgan fingerprint density at radius 3 is 3.12 bits per heavy atom. The summed E-state index contributed by atoms with van der Waals surface area (Å²) in [5.74, 6) is 0.354. The van der Waals surface area contributed by atoms with Crippen molar-refractivity contribution in [3.63, 3.8) is 0 Å². The largest absolute Gasteiger partial charge is 0.482 e. The van der Waals surface area contributed by atoms with Gasteiger partial charge in [-0.25, -0.2) is 4.98 Å². The van der Waals surface area contributed by atoms with Crippen LogP contribution >= 0.6 is 11.3 Å². The minimum atomic E-state index is -0.215. The topological polar surface area (TPSA) is 80.8 Å². The van der Waals surface area contributed by atoms with Crippen LogP contribution in [0.1, 0.15) is 27.5 Å². The molecule has 0 spiro atoms. The molecule has 7 nitrogen and oxygen atoms in total. The average Bonchev–Trinajstić information content (AvgIpc) is 3.10. The Morgan fingerprint density at radius 2 is 2.31 bits per heavy atom. The molecule has 2 aromatic rings. The molecule has 1 aromatic carbocycles. The number of thiazole rings is 1. The zero-order chi connectivity index (χ0) is 18.5. The van der Waals surface area contributed by atoms with Gasteiger partial charge in [0.05, 0.1) is 12.2 Å². The van der Waals surface area contributed by atoms with E-state index < -0.39 is 0 Å². The van der Waals surface area contributed by atoms with Crippen LogP contribution in [0.15, 0.2) is 23.6 Å². The van der Waals surface area contributed by atoms with E-state index in [4.69, 9.17) is 9.47 Å². The lowest BCUT2D eigenvalue weighted by molar-refractivity contribution is -0.121. The number of amides is 2. The number of rotatable bonds is 7. The highest BCUT2D eigenvalue weighted by molar-refractivity contribution is 7.09. The highest BCUT2D eigenvalue weighted by Gasteiger charge is 2.26. The zero-order valence-corrected chi connectivity index (χ0v) is 15.6. The van der Waals surface area contributed by atoms with Crippen LogP contribution in [0, 0.1) is 6.92 Å². The molecule has 2 amide bonds. The SMILES string of the molecule is COCCCNC(=O)c1csc(CN2C(=O)COc3cc(C)ccc32)n1. The predicted molar refractivity (Wildman–Crippen MR) is 98.8 cm³/mol. The van der Waals surface area contributed by atoms with Gasteiger partial charge >= 0.3 is 0 Å². The zero-order valence-electron chi connectivity index (χ0n) is 14.8. The third-order valence-electron chi connectivity index (χ3n) is 3.95. The summed E-state index contributed by atoms with van der Waals surface area (Å²) in [6.45, 7) is 3.44. The van der Waals surface area contributed by atoms with E-state index in [-0.39, 0.29) is 18.4 Å². The maximum Gasteiger partial charge on any atom is 0.270 e. The summed E-state index contributed by atoms with van der Waals surface area (Å²) in [6, 6.07) is 5.73. The number of nitrogens with one attached hydrogen (secondary N) is 1. The van der Waals surface area contributed by atoms with Gasteiger partial charge in [0.2, 0.25) is 0 Å². The number of hydrogen-bond acceptors (Lipinski definition) is 6. The first kappa shape index (κ1) is 18.3. The second-order valence-electron chi connectivity index (χ2n) is 5.97. The number of anilines is 1. The van der Waals surface area contributed by atoms with E-state index in [1.165, 1.54) is 11.3 Å². The van der Waals surface area contributed by atoms with Crippen molar-refractivity contribution in [1.29, 1.82) is 0 Å². The number of aryl methyl sites for hydroxylation is 1. The Kier molecular flexibility index (Phi) is 5.85. The molecule has 26 heavy (non-hydrogen) atoms. The summed E-state index contributed by atoms with van der Waals surface area (Å²) in [7, 11) is 1.63. The first-order valence-electron chi connectivity index (χ1n) is 8.34. The van der Waals surface area contributed by atoms with Gasteiger partial charge < -0.3 is 14.8 Å². The predicted octanol–water partition coefficient (Wildman–Crippen LogP) is 2.14. The molecule has 0 fully saturated rings. The molecular formula is C18H21N3O4S. The number of hydrogen-bond donors (Lipinski definition) is 1. The van der Waals surface area contributed by atoms with Crippen LogP contribution in [0.5, 0.6) is 5.75 Å². The molecule has 0 aliphatic carbocycles. The van der Waals surface area contributed by atoms with Crippen molar-refractivity contribution in [2.75, 3.05) is 31.8 Å². The van der Waals surface area contributed by atoms with Gasteiger partial charge in [0.1, 0.15) is 16.5 Å². The van der Waals surface area contributed by atoms with Crippen molar-refractivity contribution in [3.8, 4) is 5.75 Å². The molecule has 0 unspecified atom stereocenters. The summed E-state index contributed by atoms with van der Waals surface area (Å²) in [5.41, 5.74) is 2.17. The Morgan fingerprint density at radius 1 is 1.46 bits per heavy atom. The van der Waals surface area contributed by atoms with E-state index in [1.54, 1.807) is 17.4 Å². The lowest BCUT2D eigenvalue weighted by atomic mass is 10.1. The monoisotopic (exact) mass is 375 g/mol. The van der Waals surface area contributed by atoms with E-state index in [1.807, 2.05) is 25.1 Å². The van der Waals surface area contributed by atoms with Crippen LogP contribution in [0.25, 0.3) is 0 Å². The second-order valence-corrected chi connectivity index (χ2v) is 6.91. The van der Waals surface area contributed by atoms with Gasteiger partial charge in [-0.1, -0.05) is 6.07 Å². The molecule has 1 aliphatic rings. The molecule has 8 heteroatoms. The van der Waals surface area contributed by atoms with Crippen molar-refractivity contribution in [2.24, 2.45) is 0 Å². The van der Waals surface area contributed by atoms with Crippen LogP contribution in [-0.4, -0.2) is 43.7 Å². The summed E-state index contributed by atoms with van der Waals surface area (Å²) >= 11 is 1.36. The number of fused-ring (bicyclic) bond motifs is 1. The third kappa shape index (κ3) is 4.20. The second kappa shape index (κ2) is 8.29. The molecule has 0 atom stereocenters. The first-order valence-corrected chi connectivity index (χ1v) is 9.22. The fourth-order valence-corrected chi connectivity index (χ4v) is 3.38. The van der Waals surface area contributed by atoms with Crippen molar-refractivity contribution < 1.29 is 19.1 Å². The number of benzene rings is 1. The molecule has 138 valence electrons. The Balaban J connectivity index is 1.67. The number of methoxy groups -OCH3 is 1. The highest BCUT2D eigenvalue weighted by Crippen LogP contribution is 2.34. The van der Waals surface area contributed by atoms with Crippen LogP contribution in [0.4, 0.5) is 5.69 Å². The van der Waals surface area contributed by atoms with Crippen LogP contribution in [0.3, 0.4) is 0 Å². The van der Waals surface area contributed by atoms with Gasteiger partial charge in [-0.3, -0.25) is 14.5 Å². The van der Waals surface area contributed by atoms with Gasteiger partial charge in [-0.05, 0) is 31.0 Å². The van der Waals surface area contributed by atoms with Gasteiger partial charge in [0.15, 0.2) is 6.61 Å². The number of ether oxygens (including phenoxy) is 2. The maximum atomic E-state index is 12.3. The van der Waals surface area contributed by atoms with Crippen molar-refractivity contribution >= 4 is 28.8 Å². The van der Waals surface area contributed by atoms with E-state index in [2.05, 4.69) is 10.3 Å². The Hall–Kier alpha value is -2.45. The summed E-state index contributed by atoms with van der Waals surface area (Å²) < 4.78 is 10.5. The molecule has 1 N–H and O–H groups in total. The molecule has 1 aliphatic heterocycles. The van der Waals surface area contributed by atoms with E-state index in [0.29, 0.717) is 36.1 Å². The quantitative estimate of drug-likeness (QED) is 0.750. The normalized spacial score (nSPS) is 13.3. The fourth-order valence-electron chi connectivity index (χ4n) is 2.62. The van der Waals surface area contributed by atoms with Crippen molar-refractivity contribution in [1.82, 2.24) is 10.3 Å². The van der Waals surface area contributed by atoms with Gasteiger partial charge in [0, 0.05) is 25.6 Å². The molecule has 2 heterocycles. The van der Waals surface area contributed by atoms with Crippen LogP contribution in [-0.2, 0) is 16.1 Å². The summed E-state index contributed by atoms with van der Waals surface area (Å²) in [5, 5.41) is 5.22. The van der Waals surface area contributed by atoms with E-state index >= 15 is 0 Å². The smallest absolute Gasteiger partial charge is 0.270 e. The average molecular weight is 375 g/mol. The maximum absolute atomic E-state index is 12.3. The molecule has 0 radical (unpaired) electrons. The molecule has 1 aromatic heterocycles. The first-order chi connectivity index (χ1) is 12.6. The summed E-state index contributed by atoms with van der Waals surface area (Å²) in [4.78, 5) is 30.4. The van der Waals surface area contributed by atoms with Gasteiger partial charge in [-0.15, -0.1) is 11.3 Å². The third-order valence-corrected chi connectivity index (χ3v) is 4.78. The minimum Gasteiger partial charge on any atom is -0.482 e. The lowest BCUT2D eigenvalue weighted by Gasteiger charge is -2.28. The van der Waals surface area contributed by atoms with Crippen molar-refractivity contribution in [2.45, 2.75) is 19.9 Å². The number of carbonyl (C=O) groups excluding carboxylic acids is 2. The molecule has 0 bridgehead atoms. The molecule has 3 rings (SSSR count). The van der Waals surface area contributed by atoms with E-state index in [9.17, 15) is 9.59 Å². The molecule has 0 saturated heterocycles. The van der Waals surface area contributed by atoms with Crippen LogP contribution in [0.2, 0.25) is 0 Å². The number of aromatic nitrogens is 1. The van der Waals surface area contributed by atoms with Crippen molar-refractivity contribution in [3.05, 3.63) is 39.8 Å². The Labute approximate surface area is 155 Å². The summed E-state index contributed by atoms with van der Waals surface area (Å²) in [6.07, 6.45) is 0.748. The standard InChI is InChI=1S/C18H21N3O4S/c1-12-4-5-14-15(8-12)25-10-17(22)21(14)9-16-20-13(11-26-16)18(23)19-6-3-7-24-2/h4-5,8,11H,3,6-7,9-10H2,1-2H3,(H,19,23). The lowest BCUT2D eigenvalue weighted by Crippen LogP contribution is -2.38. The van der Waals surface area contributed by atoms with Crippen LogP contribution < -0.4 is 15.0 Å². The van der Waals surface area contributed by atoms with Gasteiger partial charge in [-0.2, -0.15) is 0 Å².